The lowest BCUT2D eigenvalue weighted by molar-refractivity contribution is -0.133. The molecule has 0 spiro atoms. The molecule has 2 nitrogen and oxygen atoms in total. The molecule has 2 heteroatoms. The maximum absolute atomic E-state index is 11.0. The lowest BCUT2D eigenvalue weighted by atomic mass is 10.1. The first kappa shape index (κ1) is 8.35. The molecule has 0 heterocycles. The summed E-state index contributed by atoms with van der Waals surface area (Å²) < 4.78 is 4.49. The summed E-state index contributed by atoms with van der Waals surface area (Å²) in [5, 5.41) is 0. The van der Waals surface area contributed by atoms with Crippen molar-refractivity contribution in [3.63, 3.8) is 0 Å². The van der Waals surface area contributed by atoms with E-state index in [1.807, 2.05) is 0 Å². The molecule has 0 N–H and O–H groups in total. The number of carbonyl (C=O) groups excluding carboxylic acids is 1. The molecule has 0 aliphatic heterocycles. The van der Waals surface area contributed by atoms with Gasteiger partial charge in [-0.3, -0.25) is 0 Å². The highest BCUT2D eigenvalue weighted by Gasteiger charge is 2.07. The summed E-state index contributed by atoms with van der Waals surface area (Å²) >= 11 is 0. The largest absolute Gasteiger partial charge is 0.465 e. The van der Waals surface area contributed by atoms with Crippen LogP contribution in [0.3, 0.4) is 0 Å². The molecule has 0 aliphatic rings. The van der Waals surface area contributed by atoms with Crippen LogP contribution >= 0.6 is 0 Å². The third-order valence-corrected chi connectivity index (χ3v) is 1.41. The van der Waals surface area contributed by atoms with Gasteiger partial charge in [-0.25, -0.2) is 4.79 Å². The van der Waals surface area contributed by atoms with Gasteiger partial charge in [0.05, 0.1) is 12.7 Å². The van der Waals surface area contributed by atoms with Crippen LogP contribution in [0.25, 0.3) is 5.57 Å². The molecule has 1 aromatic carbocycles. The molecule has 1 rings (SSSR count). The van der Waals surface area contributed by atoms with Crippen molar-refractivity contribution in [1.82, 2.24) is 0 Å². The quantitative estimate of drug-likeness (QED) is 0.483. The molecule has 0 saturated carbocycles. The third kappa shape index (κ3) is 1.64. The SMILES string of the molecule is C=C(C(=O)OC)c1c#cccc1. The molecular weight excluding hydrogens is 152 g/mol. The molecule has 0 amide bonds. The Kier molecular flexibility index (Phi) is 2.49. The van der Waals surface area contributed by atoms with Crippen LogP contribution < -0.4 is 0 Å². The zero-order valence-corrected chi connectivity index (χ0v) is 6.76. The fourth-order valence-electron chi connectivity index (χ4n) is 0.763. The molecular formula is C10H8O2. The van der Waals surface area contributed by atoms with Gasteiger partial charge in [-0.15, -0.1) is 0 Å². The predicted octanol–water partition coefficient (Wildman–Crippen LogP) is 1.47. The smallest absolute Gasteiger partial charge is 0.338 e. The van der Waals surface area contributed by atoms with E-state index < -0.39 is 5.97 Å². The summed E-state index contributed by atoms with van der Waals surface area (Å²) in [5.41, 5.74) is 0.915. The van der Waals surface area contributed by atoms with Crippen LogP contribution in [0.5, 0.6) is 0 Å². The van der Waals surface area contributed by atoms with Crippen molar-refractivity contribution in [3.05, 3.63) is 42.5 Å². The van der Waals surface area contributed by atoms with Gasteiger partial charge in [-0.05, 0) is 12.1 Å². The second kappa shape index (κ2) is 3.59. The van der Waals surface area contributed by atoms with E-state index in [-0.39, 0.29) is 0 Å². The fourth-order valence-corrected chi connectivity index (χ4v) is 0.763. The number of hydrogen-bond acceptors (Lipinski definition) is 2. The number of methoxy groups -OCH3 is 1. The van der Waals surface area contributed by atoms with E-state index >= 15 is 0 Å². The zero-order valence-electron chi connectivity index (χ0n) is 6.76. The van der Waals surface area contributed by atoms with Crippen molar-refractivity contribution < 1.29 is 9.53 Å². The number of ether oxygens (including phenoxy) is 1. The number of carbonyl (C=O) groups is 1. The number of esters is 1. The zero-order chi connectivity index (χ0) is 8.97. The van der Waals surface area contributed by atoms with Crippen molar-refractivity contribution in [3.8, 4) is 0 Å². The normalized spacial score (nSPS) is 8.42. The maximum atomic E-state index is 11.0. The molecule has 0 bridgehead atoms. The first-order valence-corrected chi connectivity index (χ1v) is 3.41. The van der Waals surface area contributed by atoms with E-state index in [0.29, 0.717) is 11.1 Å². The van der Waals surface area contributed by atoms with Crippen LogP contribution in [0.1, 0.15) is 5.56 Å². The molecule has 0 saturated heterocycles. The molecule has 0 atom stereocenters. The average molecular weight is 160 g/mol. The van der Waals surface area contributed by atoms with Gasteiger partial charge in [0.25, 0.3) is 0 Å². The summed E-state index contributed by atoms with van der Waals surface area (Å²) in [5.74, 6) is -0.439. The summed E-state index contributed by atoms with van der Waals surface area (Å²) in [6.45, 7) is 3.57. The minimum atomic E-state index is -0.439. The Morgan fingerprint density at radius 3 is 2.92 bits per heavy atom. The molecule has 60 valence electrons. The molecule has 0 unspecified atom stereocenters. The third-order valence-electron chi connectivity index (χ3n) is 1.41. The van der Waals surface area contributed by atoms with E-state index in [9.17, 15) is 4.79 Å². The fraction of sp³-hybridized carbons (Fsp3) is 0.100. The van der Waals surface area contributed by atoms with Gasteiger partial charge in [-0.1, -0.05) is 24.8 Å². The highest BCUT2D eigenvalue weighted by Crippen LogP contribution is 2.09. The molecule has 0 aliphatic carbocycles. The monoisotopic (exact) mass is 160 g/mol. The highest BCUT2D eigenvalue weighted by molar-refractivity contribution is 6.15. The van der Waals surface area contributed by atoms with Gasteiger partial charge in [0.1, 0.15) is 0 Å². The molecule has 12 heavy (non-hydrogen) atoms. The first-order valence-electron chi connectivity index (χ1n) is 3.41. The highest BCUT2D eigenvalue weighted by atomic mass is 16.5. The lowest BCUT2D eigenvalue weighted by Gasteiger charge is -1.99. The van der Waals surface area contributed by atoms with Crippen LogP contribution in [-0.4, -0.2) is 13.1 Å². The van der Waals surface area contributed by atoms with E-state index in [4.69, 9.17) is 0 Å². The van der Waals surface area contributed by atoms with Crippen molar-refractivity contribution in [2.24, 2.45) is 0 Å². The van der Waals surface area contributed by atoms with E-state index in [1.54, 1.807) is 18.2 Å². The molecule has 0 fully saturated rings. The number of hydrogen-bond donors (Lipinski definition) is 0. The number of rotatable bonds is 2. The topological polar surface area (TPSA) is 26.3 Å². The minimum absolute atomic E-state index is 0.300. The van der Waals surface area contributed by atoms with E-state index in [2.05, 4.69) is 23.4 Å². The van der Waals surface area contributed by atoms with Crippen LogP contribution in [0.2, 0.25) is 0 Å². The van der Waals surface area contributed by atoms with Gasteiger partial charge >= 0.3 is 5.97 Å². The first-order chi connectivity index (χ1) is 5.75. The lowest BCUT2D eigenvalue weighted by Crippen LogP contribution is -2.01. The Morgan fingerprint density at radius 1 is 1.67 bits per heavy atom. The second-order valence-corrected chi connectivity index (χ2v) is 2.18. The van der Waals surface area contributed by atoms with E-state index in [1.165, 1.54) is 7.11 Å². The van der Waals surface area contributed by atoms with Gasteiger partial charge in [-0.2, -0.15) is 0 Å². The Bertz CT molecular complexity index is 288. The Morgan fingerprint density at radius 2 is 2.42 bits per heavy atom. The Hall–Kier alpha value is -1.75. The van der Waals surface area contributed by atoms with Gasteiger partial charge in [0.2, 0.25) is 0 Å². The van der Waals surface area contributed by atoms with Crippen molar-refractivity contribution in [2.45, 2.75) is 0 Å². The van der Waals surface area contributed by atoms with Crippen LogP contribution in [-0.2, 0) is 9.53 Å². The summed E-state index contributed by atoms with van der Waals surface area (Å²) in [6, 6.07) is 10.7. The Balaban J connectivity index is 2.86. The van der Waals surface area contributed by atoms with E-state index in [0.717, 1.165) is 0 Å². The minimum Gasteiger partial charge on any atom is -0.465 e. The predicted molar refractivity (Wildman–Crippen MR) is 45.2 cm³/mol. The molecule has 0 aromatic heterocycles. The summed E-state index contributed by atoms with van der Waals surface area (Å²) in [6.07, 6.45) is 0. The van der Waals surface area contributed by atoms with Gasteiger partial charge < -0.3 is 4.74 Å². The Labute approximate surface area is 71.5 Å². The van der Waals surface area contributed by atoms with Crippen molar-refractivity contribution in [1.29, 1.82) is 0 Å². The summed E-state index contributed by atoms with van der Waals surface area (Å²) in [7, 11) is 1.32. The molecule has 1 aromatic rings. The van der Waals surface area contributed by atoms with Gasteiger partial charge in [0.15, 0.2) is 0 Å². The molecule has 0 radical (unpaired) electrons. The summed E-state index contributed by atoms with van der Waals surface area (Å²) in [4.78, 5) is 11.0. The van der Waals surface area contributed by atoms with Gasteiger partial charge in [0, 0.05) is 5.56 Å². The van der Waals surface area contributed by atoms with Crippen LogP contribution in [0.15, 0.2) is 24.8 Å². The standard InChI is InChI=1S/C10H8O2/c1-8(10(11)12-2)9-6-4-3-5-7-9/h3-4,6H,1H2,2H3. The van der Waals surface area contributed by atoms with Crippen LogP contribution in [0.4, 0.5) is 0 Å². The van der Waals surface area contributed by atoms with Crippen molar-refractivity contribution >= 4 is 11.5 Å². The van der Waals surface area contributed by atoms with Crippen molar-refractivity contribution in [2.75, 3.05) is 7.11 Å². The maximum Gasteiger partial charge on any atom is 0.338 e. The average Bonchev–Trinajstić information content (AvgIpc) is 2.17. The second-order valence-electron chi connectivity index (χ2n) is 2.18. The van der Waals surface area contributed by atoms with Crippen LogP contribution in [0, 0.1) is 12.1 Å².